The Kier molecular flexibility index (Phi) is 7.78. The maximum atomic E-state index is 12.9. The van der Waals surface area contributed by atoms with Gasteiger partial charge in [0.05, 0.1) is 4.91 Å². The first kappa shape index (κ1) is 26.0. The Morgan fingerprint density at radius 3 is 2.66 bits per heavy atom. The molecule has 0 unspecified atom stereocenters. The number of hydrogen-bond donors (Lipinski definition) is 1. The predicted molar refractivity (Wildman–Crippen MR) is 146 cm³/mol. The standard InChI is InChI=1S/C27H20Cl2N2O6S/c28-18-5-4-17(21(29)12-18)15-37-20-3-1-2-16(10-20)11-24-26(33)31(27(34)38-24)14-25(32)30-19-6-7-22-23(13-19)36-9-8-35-22/h1-7,10-13H,8-9,14-15H2,(H,30,32)/b24-11+. The van der Waals surface area contributed by atoms with Crippen LogP contribution in [0.1, 0.15) is 11.1 Å². The van der Waals surface area contributed by atoms with Crippen LogP contribution in [0.3, 0.4) is 0 Å². The third-order valence-corrected chi connectivity index (χ3v) is 7.06. The molecule has 1 fully saturated rings. The van der Waals surface area contributed by atoms with Crippen LogP contribution in [-0.4, -0.2) is 41.7 Å². The molecule has 8 nitrogen and oxygen atoms in total. The van der Waals surface area contributed by atoms with Crippen molar-refractivity contribution in [2.45, 2.75) is 6.61 Å². The number of nitrogens with one attached hydrogen (secondary N) is 1. The lowest BCUT2D eigenvalue weighted by Gasteiger charge is -2.19. The minimum Gasteiger partial charge on any atom is -0.489 e. The number of amides is 3. The van der Waals surface area contributed by atoms with Gasteiger partial charge in [0.25, 0.3) is 11.1 Å². The van der Waals surface area contributed by atoms with Crippen LogP contribution in [-0.2, 0) is 16.2 Å². The van der Waals surface area contributed by atoms with Gasteiger partial charge in [-0.2, -0.15) is 0 Å². The lowest BCUT2D eigenvalue weighted by Crippen LogP contribution is -2.36. The Morgan fingerprint density at radius 1 is 1.03 bits per heavy atom. The van der Waals surface area contributed by atoms with Crippen molar-refractivity contribution in [3.8, 4) is 17.2 Å². The molecule has 1 saturated heterocycles. The van der Waals surface area contributed by atoms with Crippen LogP contribution >= 0.6 is 35.0 Å². The number of anilines is 1. The lowest BCUT2D eigenvalue weighted by atomic mass is 10.2. The molecule has 38 heavy (non-hydrogen) atoms. The van der Waals surface area contributed by atoms with Gasteiger partial charge in [-0.1, -0.05) is 41.4 Å². The van der Waals surface area contributed by atoms with Gasteiger partial charge in [0, 0.05) is 27.4 Å². The number of rotatable bonds is 7. The summed E-state index contributed by atoms with van der Waals surface area (Å²) in [4.78, 5) is 39.1. The van der Waals surface area contributed by atoms with Gasteiger partial charge in [0.2, 0.25) is 5.91 Å². The summed E-state index contributed by atoms with van der Waals surface area (Å²) in [5.41, 5.74) is 1.91. The molecule has 2 aliphatic rings. The Balaban J connectivity index is 1.21. The topological polar surface area (TPSA) is 94.2 Å². The number of halogens is 2. The Labute approximate surface area is 232 Å². The number of nitrogens with zero attached hydrogens (tertiary/aromatic N) is 1. The number of carbonyl (C=O) groups excluding carboxylic acids is 3. The number of imide groups is 1. The second kappa shape index (κ2) is 11.4. The van der Waals surface area contributed by atoms with Crippen LogP contribution in [0.15, 0.2) is 65.6 Å². The summed E-state index contributed by atoms with van der Waals surface area (Å²) in [6, 6.07) is 17.2. The third-order valence-electron chi connectivity index (χ3n) is 5.57. The van der Waals surface area contributed by atoms with E-state index in [1.807, 2.05) is 0 Å². The van der Waals surface area contributed by atoms with E-state index in [2.05, 4.69) is 5.32 Å². The molecule has 5 rings (SSSR count). The van der Waals surface area contributed by atoms with Gasteiger partial charge in [0.15, 0.2) is 11.5 Å². The van der Waals surface area contributed by atoms with E-state index in [0.29, 0.717) is 51.8 Å². The summed E-state index contributed by atoms with van der Waals surface area (Å²) in [6.07, 6.45) is 1.59. The second-order valence-electron chi connectivity index (χ2n) is 8.27. The first-order chi connectivity index (χ1) is 18.4. The Morgan fingerprint density at radius 2 is 1.84 bits per heavy atom. The van der Waals surface area contributed by atoms with Crippen LogP contribution in [0.25, 0.3) is 6.08 Å². The van der Waals surface area contributed by atoms with Crippen molar-refractivity contribution >= 4 is 63.8 Å². The maximum absolute atomic E-state index is 12.9. The van der Waals surface area contributed by atoms with Gasteiger partial charge in [-0.05, 0) is 59.8 Å². The van der Waals surface area contributed by atoms with Crippen molar-refractivity contribution in [1.82, 2.24) is 4.90 Å². The van der Waals surface area contributed by atoms with Gasteiger partial charge in [-0.25, -0.2) is 0 Å². The first-order valence-corrected chi connectivity index (χ1v) is 13.0. The highest BCUT2D eigenvalue weighted by Crippen LogP contribution is 2.34. The number of benzene rings is 3. The van der Waals surface area contributed by atoms with Gasteiger partial charge < -0.3 is 19.5 Å². The Bertz CT molecular complexity index is 1460. The van der Waals surface area contributed by atoms with Gasteiger partial charge in [0.1, 0.15) is 32.1 Å². The predicted octanol–water partition coefficient (Wildman–Crippen LogP) is 6.02. The number of carbonyl (C=O) groups is 3. The normalized spacial score (nSPS) is 15.6. The lowest BCUT2D eigenvalue weighted by molar-refractivity contribution is -0.127. The monoisotopic (exact) mass is 570 g/mol. The van der Waals surface area contributed by atoms with E-state index >= 15 is 0 Å². The number of ether oxygens (including phenoxy) is 3. The van der Waals surface area contributed by atoms with Gasteiger partial charge in [-0.3, -0.25) is 19.3 Å². The fourth-order valence-electron chi connectivity index (χ4n) is 3.75. The van der Waals surface area contributed by atoms with Crippen molar-refractivity contribution in [3.05, 3.63) is 86.7 Å². The van der Waals surface area contributed by atoms with E-state index in [1.54, 1.807) is 66.7 Å². The average Bonchev–Trinajstić information content (AvgIpc) is 3.15. The molecule has 0 radical (unpaired) electrons. The molecule has 0 bridgehead atoms. The van der Waals surface area contributed by atoms with Gasteiger partial charge in [-0.15, -0.1) is 0 Å². The fourth-order valence-corrected chi connectivity index (χ4v) is 5.05. The highest BCUT2D eigenvalue weighted by atomic mass is 35.5. The summed E-state index contributed by atoms with van der Waals surface area (Å²) in [5, 5.41) is 3.20. The molecular weight excluding hydrogens is 551 g/mol. The molecule has 2 aliphatic heterocycles. The van der Waals surface area contributed by atoms with Crippen molar-refractivity contribution in [2.75, 3.05) is 25.1 Å². The van der Waals surface area contributed by atoms with Crippen molar-refractivity contribution in [1.29, 1.82) is 0 Å². The van der Waals surface area contributed by atoms with Crippen LogP contribution < -0.4 is 19.5 Å². The molecule has 0 spiro atoms. The SMILES string of the molecule is O=C(CN1C(=O)S/C(=C/c2cccc(OCc3ccc(Cl)cc3Cl)c2)C1=O)Nc1ccc2c(c1)OCCO2. The minimum atomic E-state index is -0.545. The van der Waals surface area contributed by atoms with Crippen molar-refractivity contribution in [3.63, 3.8) is 0 Å². The second-order valence-corrected chi connectivity index (χ2v) is 10.1. The quantitative estimate of drug-likeness (QED) is 0.347. The highest BCUT2D eigenvalue weighted by molar-refractivity contribution is 8.18. The average molecular weight is 571 g/mol. The molecular formula is C27H20Cl2N2O6S. The van der Waals surface area contributed by atoms with E-state index in [1.165, 1.54) is 0 Å². The molecule has 3 amide bonds. The fraction of sp³-hybridized carbons (Fsp3) is 0.148. The molecule has 3 aromatic carbocycles. The van der Waals surface area contributed by atoms with Crippen molar-refractivity contribution < 1.29 is 28.6 Å². The van der Waals surface area contributed by atoms with E-state index < -0.39 is 23.6 Å². The smallest absolute Gasteiger partial charge is 0.294 e. The van der Waals surface area contributed by atoms with E-state index in [0.717, 1.165) is 22.2 Å². The Hall–Kier alpha value is -3.66. The van der Waals surface area contributed by atoms with Crippen LogP contribution in [0.2, 0.25) is 10.0 Å². The summed E-state index contributed by atoms with van der Waals surface area (Å²) in [5.74, 6) is 0.611. The zero-order valence-corrected chi connectivity index (χ0v) is 22.1. The van der Waals surface area contributed by atoms with Gasteiger partial charge >= 0.3 is 0 Å². The van der Waals surface area contributed by atoms with E-state index in [4.69, 9.17) is 37.4 Å². The molecule has 194 valence electrons. The molecule has 2 heterocycles. The highest BCUT2D eigenvalue weighted by Gasteiger charge is 2.36. The van der Waals surface area contributed by atoms with Crippen LogP contribution in [0.4, 0.5) is 10.5 Å². The zero-order chi connectivity index (χ0) is 26.6. The molecule has 11 heteroatoms. The summed E-state index contributed by atoms with van der Waals surface area (Å²) in [6.45, 7) is 0.691. The summed E-state index contributed by atoms with van der Waals surface area (Å²) in [7, 11) is 0. The summed E-state index contributed by atoms with van der Waals surface area (Å²) < 4.78 is 16.8. The third kappa shape index (κ3) is 6.07. The molecule has 0 aromatic heterocycles. The number of hydrogen-bond acceptors (Lipinski definition) is 7. The largest absolute Gasteiger partial charge is 0.489 e. The first-order valence-electron chi connectivity index (χ1n) is 11.5. The molecule has 0 atom stereocenters. The molecule has 0 saturated carbocycles. The maximum Gasteiger partial charge on any atom is 0.294 e. The molecule has 0 aliphatic carbocycles. The molecule has 3 aromatic rings. The zero-order valence-electron chi connectivity index (χ0n) is 19.7. The number of thioether (sulfide) groups is 1. The summed E-state index contributed by atoms with van der Waals surface area (Å²) >= 11 is 12.9. The molecule has 1 N–H and O–H groups in total. The van der Waals surface area contributed by atoms with Crippen LogP contribution in [0, 0.1) is 0 Å². The van der Waals surface area contributed by atoms with Crippen LogP contribution in [0.5, 0.6) is 17.2 Å². The van der Waals surface area contributed by atoms with E-state index in [9.17, 15) is 14.4 Å². The number of fused-ring (bicyclic) bond motifs is 1. The van der Waals surface area contributed by atoms with E-state index in [-0.39, 0.29) is 11.5 Å². The van der Waals surface area contributed by atoms with Crippen molar-refractivity contribution in [2.24, 2.45) is 0 Å². The minimum absolute atomic E-state index is 0.208.